The van der Waals surface area contributed by atoms with Crippen molar-refractivity contribution in [1.29, 1.82) is 0 Å². The van der Waals surface area contributed by atoms with Gasteiger partial charge in [-0.05, 0) is 63.0 Å². The Kier molecular flexibility index (Phi) is 7.75. The second kappa shape index (κ2) is 10.5. The third-order valence-corrected chi connectivity index (χ3v) is 6.02. The van der Waals surface area contributed by atoms with Gasteiger partial charge in [0.2, 0.25) is 5.91 Å². The number of likely N-dealkylation sites (N-methyl/N-ethyl adjacent to an activating group) is 1. The molecule has 1 aromatic carbocycles. The lowest BCUT2D eigenvalue weighted by Crippen LogP contribution is -2.48. The fraction of sp³-hybridized carbons (Fsp3) is 0.545. The Morgan fingerprint density at radius 2 is 1.97 bits per heavy atom. The number of nitrogens with two attached hydrogens (primary N) is 1. The number of imide groups is 1. The van der Waals surface area contributed by atoms with E-state index in [2.05, 4.69) is 10.2 Å². The second-order valence-electron chi connectivity index (χ2n) is 7.93. The van der Waals surface area contributed by atoms with E-state index in [1.165, 1.54) is 7.05 Å². The summed E-state index contributed by atoms with van der Waals surface area (Å²) in [5.41, 5.74) is 6.18. The summed E-state index contributed by atoms with van der Waals surface area (Å²) >= 11 is 0. The van der Waals surface area contributed by atoms with Gasteiger partial charge in [0.15, 0.2) is 0 Å². The summed E-state index contributed by atoms with van der Waals surface area (Å²) in [6, 6.07) is 3.74. The van der Waals surface area contributed by atoms with Crippen LogP contribution in [0.25, 0.3) is 0 Å². The highest BCUT2D eigenvalue weighted by Crippen LogP contribution is 2.29. The first-order valence-corrected chi connectivity index (χ1v) is 10.7. The Morgan fingerprint density at radius 1 is 1.26 bits per heavy atom. The van der Waals surface area contributed by atoms with Crippen LogP contribution in [0.15, 0.2) is 18.2 Å². The number of carbonyl (C=O) groups excluding carboxylic acids is 4. The second-order valence-corrected chi connectivity index (χ2v) is 7.93. The Morgan fingerprint density at radius 3 is 2.61 bits per heavy atom. The molecule has 3 N–H and O–H groups in total. The highest BCUT2D eigenvalue weighted by molar-refractivity contribution is 6.23. The number of amides is 3. The number of benzene rings is 1. The Hall–Kier alpha value is -2.78. The largest absolute Gasteiger partial charge is 0.492 e. The maximum atomic E-state index is 12.9. The number of nitrogens with zero attached hydrogens (tertiary/aromatic N) is 2. The molecule has 2 aliphatic heterocycles. The van der Waals surface area contributed by atoms with Crippen LogP contribution in [0.2, 0.25) is 0 Å². The molecule has 3 amide bonds. The summed E-state index contributed by atoms with van der Waals surface area (Å²) in [5.74, 6) is -0.456. The maximum absolute atomic E-state index is 12.9. The van der Waals surface area contributed by atoms with Crippen molar-refractivity contribution in [3.8, 4) is 5.75 Å². The molecule has 0 radical (unpaired) electrons. The zero-order valence-corrected chi connectivity index (χ0v) is 17.8. The number of hydrogen-bond acceptors (Lipinski definition) is 7. The van der Waals surface area contributed by atoms with E-state index in [1.807, 2.05) is 0 Å². The molecule has 0 saturated carbocycles. The number of ether oxygens (including phenoxy) is 1. The van der Waals surface area contributed by atoms with Crippen molar-refractivity contribution in [3.63, 3.8) is 0 Å². The van der Waals surface area contributed by atoms with Crippen molar-refractivity contribution in [1.82, 2.24) is 15.1 Å². The number of carbonyl (C=O) groups is 4. The molecule has 1 aromatic rings. The molecule has 2 aliphatic rings. The first kappa shape index (κ1) is 22.9. The van der Waals surface area contributed by atoms with E-state index in [4.69, 9.17) is 10.5 Å². The minimum absolute atomic E-state index is 0.0718. The molecule has 1 saturated heterocycles. The van der Waals surface area contributed by atoms with E-state index in [9.17, 15) is 19.2 Å². The van der Waals surface area contributed by atoms with E-state index < -0.39 is 23.8 Å². The molecular weight excluding hydrogens is 400 g/mol. The molecule has 1 fully saturated rings. The van der Waals surface area contributed by atoms with Gasteiger partial charge in [0.1, 0.15) is 24.7 Å². The quantitative estimate of drug-likeness (QED) is 0.408. The Bertz CT molecular complexity index is 835. The molecular formula is C22H30N4O5. The summed E-state index contributed by atoms with van der Waals surface area (Å²) in [5, 5.41) is 2.46. The molecule has 0 bridgehead atoms. The van der Waals surface area contributed by atoms with Crippen molar-refractivity contribution < 1.29 is 23.9 Å². The number of likely N-dealkylation sites (tertiary alicyclic amines) is 1. The lowest BCUT2D eigenvalue weighted by atomic mass is 9.97. The van der Waals surface area contributed by atoms with Crippen LogP contribution in [0.4, 0.5) is 0 Å². The van der Waals surface area contributed by atoms with Crippen molar-refractivity contribution in [3.05, 3.63) is 29.3 Å². The third-order valence-electron chi connectivity index (χ3n) is 6.02. The van der Waals surface area contributed by atoms with Gasteiger partial charge in [-0.2, -0.15) is 0 Å². The third kappa shape index (κ3) is 5.11. The Labute approximate surface area is 181 Å². The standard InChI is InChI=1S/C22H30N4O5/c1-24-20(28)19(3-2-11-27)26-21(29)17-5-4-16(13-18(17)22(26)30)31-12-10-25-8-6-15(14-23)7-9-25/h4-5,11,13,15,19H,2-3,6-10,12,14,23H2,1H3,(H,24,28). The predicted octanol–water partition coefficient (Wildman–Crippen LogP) is 0.426. The van der Waals surface area contributed by atoms with E-state index in [1.54, 1.807) is 18.2 Å². The minimum atomic E-state index is -1.02. The number of aldehydes is 1. The fourth-order valence-electron chi connectivity index (χ4n) is 4.12. The molecule has 0 spiro atoms. The van der Waals surface area contributed by atoms with Gasteiger partial charge < -0.3 is 20.6 Å². The SMILES string of the molecule is CNC(=O)C(CCC=O)N1C(=O)c2ccc(OCCN3CCC(CN)CC3)cc2C1=O. The average molecular weight is 431 g/mol. The van der Waals surface area contributed by atoms with Gasteiger partial charge in [-0.15, -0.1) is 0 Å². The lowest BCUT2D eigenvalue weighted by Gasteiger charge is -2.31. The number of rotatable bonds is 10. The van der Waals surface area contributed by atoms with E-state index >= 15 is 0 Å². The van der Waals surface area contributed by atoms with Crippen LogP contribution in [-0.4, -0.2) is 79.7 Å². The van der Waals surface area contributed by atoms with Crippen molar-refractivity contribution in [2.24, 2.45) is 11.7 Å². The first-order chi connectivity index (χ1) is 15.0. The number of hydrogen-bond donors (Lipinski definition) is 2. The van der Waals surface area contributed by atoms with Crippen LogP contribution in [0, 0.1) is 5.92 Å². The van der Waals surface area contributed by atoms with Crippen LogP contribution in [-0.2, 0) is 9.59 Å². The minimum Gasteiger partial charge on any atom is -0.492 e. The van der Waals surface area contributed by atoms with Crippen LogP contribution in [0.3, 0.4) is 0 Å². The molecule has 0 aliphatic carbocycles. The van der Waals surface area contributed by atoms with Crippen molar-refractivity contribution in [2.45, 2.75) is 31.7 Å². The summed E-state index contributed by atoms with van der Waals surface area (Å²) < 4.78 is 5.83. The van der Waals surface area contributed by atoms with Crippen LogP contribution in [0.5, 0.6) is 5.75 Å². The highest BCUT2D eigenvalue weighted by atomic mass is 16.5. The fourth-order valence-corrected chi connectivity index (χ4v) is 4.12. The molecule has 2 heterocycles. The highest BCUT2D eigenvalue weighted by Gasteiger charge is 2.42. The van der Waals surface area contributed by atoms with Gasteiger partial charge in [0.25, 0.3) is 11.8 Å². The predicted molar refractivity (Wildman–Crippen MR) is 114 cm³/mol. The zero-order chi connectivity index (χ0) is 22.4. The topological polar surface area (TPSA) is 122 Å². The molecule has 31 heavy (non-hydrogen) atoms. The van der Waals surface area contributed by atoms with Gasteiger partial charge in [-0.25, -0.2) is 0 Å². The van der Waals surface area contributed by atoms with Gasteiger partial charge in [0, 0.05) is 20.0 Å². The molecule has 1 unspecified atom stereocenters. The molecule has 0 aromatic heterocycles. The van der Waals surface area contributed by atoms with E-state index in [0.29, 0.717) is 24.6 Å². The van der Waals surface area contributed by atoms with Crippen LogP contribution >= 0.6 is 0 Å². The summed E-state index contributed by atoms with van der Waals surface area (Å²) in [6.45, 7) is 3.98. The summed E-state index contributed by atoms with van der Waals surface area (Å²) in [7, 11) is 1.43. The van der Waals surface area contributed by atoms with E-state index in [0.717, 1.165) is 43.9 Å². The number of piperidine rings is 1. The maximum Gasteiger partial charge on any atom is 0.262 e. The zero-order valence-electron chi connectivity index (χ0n) is 17.8. The van der Waals surface area contributed by atoms with E-state index in [-0.39, 0.29) is 24.0 Å². The molecule has 9 heteroatoms. The van der Waals surface area contributed by atoms with Gasteiger partial charge in [-0.3, -0.25) is 24.2 Å². The van der Waals surface area contributed by atoms with Crippen LogP contribution in [0.1, 0.15) is 46.4 Å². The average Bonchev–Trinajstić information content (AvgIpc) is 3.04. The van der Waals surface area contributed by atoms with Gasteiger partial charge in [-0.1, -0.05) is 0 Å². The molecule has 3 rings (SSSR count). The number of nitrogens with one attached hydrogen (secondary N) is 1. The first-order valence-electron chi connectivity index (χ1n) is 10.7. The smallest absolute Gasteiger partial charge is 0.262 e. The molecule has 168 valence electrons. The van der Waals surface area contributed by atoms with Crippen molar-refractivity contribution >= 4 is 24.0 Å². The monoisotopic (exact) mass is 430 g/mol. The summed E-state index contributed by atoms with van der Waals surface area (Å²) in [4.78, 5) is 52.0. The molecule has 1 atom stereocenters. The number of fused-ring (bicyclic) bond motifs is 1. The normalized spacial score (nSPS) is 18.1. The van der Waals surface area contributed by atoms with Crippen LogP contribution < -0.4 is 15.8 Å². The Balaban J connectivity index is 1.64. The van der Waals surface area contributed by atoms with Gasteiger partial charge in [0.05, 0.1) is 11.1 Å². The van der Waals surface area contributed by atoms with Crippen molar-refractivity contribution in [2.75, 3.05) is 39.8 Å². The lowest BCUT2D eigenvalue weighted by molar-refractivity contribution is -0.124. The molecule has 9 nitrogen and oxygen atoms in total. The summed E-state index contributed by atoms with van der Waals surface area (Å²) in [6.07, 6.45) is 3.01. The van der Waals surface area contributed by atoms with Gasteiger partial charge >= 0.3 is 0 Å².